The predicted octanol–water partition coefficient (Wildman–Crippen LogP) is 17.7. The van der Waals surface area contributed by atoms with Crippen molar-refractivity contribution < 1.29 is 32.7 Å². The molecule has 2 aliphatic rings. The van der Waals surface area contributed by atoms with E-state index in [4.69, 9.17) is 13.8 Å². The topological polar surface area (TPSA) is 31.8 Å². The second-order valence-electron chi connectivity index (χ2n) is 23.6. The normalized spacial score (nSPS) is 14.8. The molecule has 0 radical (unpaired) electrons. The summed E-state index contributed by atoms with van der Waals surface area (Å²) in [4.78, 5) is 11.6. The van der Waals surface area contributed by atoms with Crippen LogP contribution in [0.3, 0.4) is 0 Å². The molecule has 0 atom stereocenters. The maximum Gasteiger partial charge on any atom is 0.135 e. The molecule has 0 saturated heterocycles. The summed E-state index contributed by atoms with van der Waals surface area (Å²) < 4.78 is 51.4. The standard InChI is InChI=1S/C69H67N4OSi.Pt/c1-46-38-65(70-44-58(46)48-32-34-50(35-33-48)67(2,3)4)73-61-30-18-19-31-63(61)75(11,12)64-37-36-55(43-62(64)73)74-54-25-20-24-53(42-54)71-45-72(60-29-17-16-28-59(60)71)66-56(47-22-14-13-15-23-47)26-21-27-57(66)49-39-51(68(5,6)7)41-52(40-49)69(8,9)10;/h13-41,44-45H,1-12H3;/q-3;/i13D,14D,15D,22D,23D;. The van der Waals surface area contributed by atoms with Crippen LogP contribution in [0.5, 0.6) is 11.5 Å². The van der Waals surface area contributed by atoms with Gasteiger partial charge in [-0.05, 0) is 91.6 Å². The zero-order valence-electron chi connectivity index (χ0n) is 50.5. The first kappa shape index (κ1) is 46.3. The number of aryl methyl sites for hydroxylation is 1. The third-order valence-electron chi connectivity index (χ3n) is 14.9. The molecule has 3 heterocycles. The van der Waals surface area contributed by atoms with Gasteiger partial charge in [-0.3, -0.25) is 0 Å². The van der Waals surface area contributed by atoms with Crippen LogP contribution < -0.4 is 29.8 Å². The maximum absolute atomic E-state index is 9.27. The predicted molar refractivity (Wildman–Crippen MR) is 318 cm³/mol. The minimum absolute atomic E-state index is 0. The first-order valence-electron chi connectivity index (χ1n) is 28.4. The van der Waals surface area contributed by atoms with Crippen LogP contribution >= 0.6 is 0 Å². The molecular formula is C69H67N4OPtSi-3. The van der Waals surface area contributed by atoms with Gasteiger partial charge in [-0.2, -0.15) is 12.1 Å². The minimum atomic E-state index is -2.23. The van der Waals surface area contributed by atoms with Crippen LogP contribution in [0.2, 0.25) is 13.1 Å². The molecule has 0 unspecified atom stereocenters. The maximum atomic E-state index is 9.27. The van der Waals surface area contributed by atoms with Crippen LogP contribution in [0, 0.1) is 25.7 Å². The molecule has 8 aromatic carbocycles. The van der Waals surface area contributed by atoms with Gasteiger partial charge in [-0.15, -0.1) is 47.9 Å². The van der Waals surface area contributed by atoms with Crippen molar-refractivity contribution >= 4 is 58.4 Å². The molecule has 1 aromatic heterocycles. The van der Waals surface area contributed by atoms with Gasteiger partial charge in [0, 0.05) is 78.2 Å². The SMILES string of the molecule is [2H]c1c([2H])c([2H])c(-c2cccc(-c3cc(C(C)(C)C)cc(C(C)(C)C)c3)c2N2[CH-]N(c3[c-]c(Oc4[c-]c5c(cc4)[Si](C)(C)c4ccccc4N5c4cc(C)c(-c5ccc(C(C)(C)C)cc5)cn4)ccc3)c3ccccc32)c([2H])c1[2H].[Pt]. The Morgan fingerprint density at radius 3 is 1.78 bits per heavy atom. The molecule has 0 fully saturated rings. The Labute approximate surface area is 474 Å². The van der Waals surface area contributed by atoms with Crippen molar-refractivity contribution in [2.45, 2.75) is 98.6 Å². The van der Waals surface area contributed by atoms with Crippen LogP contribution in [-0.2, 0) is 37.3 Å². The second kappa shape index (κ2) is 19.9. The van der Waals surface area contributed by atoms with Crippen molar-refractivity contribution in [3.05, 3.63) is 223 Å². The number of ether oxygens (including phenoxy) is 1. The summed E-state index contributed by atoms with van der Waals surface area (Å²) >= 11 is 0. The third kappa shape index (κ3) is 9.76. The number of fused-ring (bicyclic) bond motifs is 3. The summed E-state index contributed by atoms with van der Waals surface area (Å²) in [6.45, 7) is 28.9. The third-order valence-corrected chi connectivity index (χ3v) is 18.4. The van der Waals surface area contributed by atoms with E-state index in [1.165, 1.54) is 15.9 Å². The summed E-state index contributed by atoms with van der Waals surface area (Å²) in [5.41, 5.74) is 14.2. The van der Waals surface area contributed by atoms with Gasteiger partial charge in [0.05, 0.1) is 14.9 Å². The molecule has 2 aliphatic heterocycles. The molecule has 7 heteroatoms. The van der Waals surface area contributed by atoms with Gasteiger partial charge in [-0.25, -0.2) is 4.98 Å². The number of hydrogen-bond donors (Lipinski definition) is 0. The molecule has 76 heavy (non-hydrogen) atoms. The van der Waals surface area contributed by atoms with E-state index >= 15 is 0 Å². The van der Waals surface area contributed by atoms with Gasteiger partial charge >= 0.3 is 0 Å². The van der Waals surface area contributed by atoms with Gasteiger partial charge in [0.25, 0.3) is 0 Å². The summed E-state index contributed by atoms with van der Waals surface area (Å²) in [5, 5.41) is 2.55. The van der Waals surface area contributed by atoms with E-state index in [1.807, 2.05) is 67.5 Å². The van der Waals surface area contributed by atoms with Crippen LogP contribution in [0.1, 0.15) is 91.4 Å². The van der Waals surface area contributed by atoms with E-state index < -0.39 is 14.1 Å². The van der Waals surface area contributed by atoms with Crippen molar-refractivity contribution in [2.24, 2.45) is 0 Å². The monoisotopic (exact) mass is 1200 g/mol. The number of anilines is 7. The second-order valence-corrected chi connectivity index (χ2v) is 27.9. The largest absolute Gasteiger partial charge is 0.509 e. The zero-order valence-corrected chi connectivity index (χ0v) is 48.8. The van der Waals surface area contributed by atoms with Gasteiger partial charge < -0.3 is 19.4 Å². The van der Waals surface area contributed by atoms with Crippen molar-refractivity contribution in [3.8, 4) is 44.9 Å². The van der Waals surface area contributed by atoms with Crippen LogP contribution in [0.25, 0.3) is 33.4 Å². The zero-order chi connectivity index (χ0) is 57.0. The van der Waals surface area contributed by atoms with E-state index in [1.54, 1.807) is 0 Å². The average Bonchev–Trinajstić information content (AvgIpc) is 3.89. The first-order chi connectivity index (χ1) is 37.8. The molecule has 386 valence electrons. The van der Waals surface area contributed by atoms with Crippen molar-refractivity contribution in [3.63, 3.8) is 0 Å². The molecular weight excluding hydrogens is 1120 g/mol. The van der Waals surface area contributed by atoms with Crippen LogP contribution in [0.15, 0.2) is 182 Å². The van der Waals surface area contributed by atoms with E-state index in [9.17, 15) is 2.74 Å². The molecule has 0 N–H and O–H groups in total. The molecule has 0 amide bonds. The summed E-state index contributed by atoms with van der Waals surface area (Å²) in [7, 11) is -2.23. The Morgan fingerprint density at radius 1 is 0.539 bits per heavy atom. The van der Waals surface area contributed by atoms with Crippen molar-refractivity contribution in [2.75, 3.05) is 14.7 Å². The summed E-state index contributed by atoms with van der Waals surface area (Å²) in [5.74, 6) is 1.83. The molecule has 0 spiro atoms. The number of benzene rings is 8. The Bertz CT molecular complexity index is 3870. The fraction of sp³-hybridized carbons (Fsp3) is 0.217. The van der Waals surface area contributed by atoms with Crippen LogP contribution in [-0.4, -0.2) is 13.1 Å². The van der Waals surface area contributed by atoms with Gasteiger partial charge in [0.2, 0.25) is 0 Å². The summed E-state index contributed by atoms with van der Waals surface area (Å²) in [6.07, 6.45) is 1.99. The van der Waals surface area contributed by atoms with Gasteiger partial charge in [-0.1, -0.05) is 202 Å². The Morgan fingerprint density at radius 2 is 1.13 bits per heavy atom. The Kier molecular flexibility index (Phi) is 12.1. The molecule has 11 rings (SSSR count). The number of hydrogen-bond acceptors (Lipinski definition) is 5. The first-order valence-corrected chi connectivity index (χ1v) is 28.9. The van der Waals surface area contributed by atoms with Crippen molar-refractivity contribution in [1.29, 1.82) is 0 Å². The number of para-hydroxylation sites is 4. The number of rotatable bonds is 8. The molecule has 5 nitrogen and oxygen atoms in total. The molecule has 9 aromatic rings. The minimum Gasteiger partial charge on any atom is -0.509 e. The number of aromatic nitrogens is 1. The van der Waals surface area contributed by atoms with E-state index in [0.717, 1.165) is 67.5 Å². The van der Waals surface area contributed by atoms with Crippen LogP contribution in [0.4, 0.5) is 39.9 Å². The number of nitrogens with zero attached hydrogens (tertiary/aromatic N) is 4. The van der Waals surface area contributed by atoms with Gasteiger partial charge in [0.1, 0.15) is 5.82 Å². The quantitative estimate of drug-likeness (QED) is 0.112. The Hall–Kier alpha value is -6.98. The fourth-order valence-electron chi connectivity index (χ4n) is 10.5. The Balaban J connectivity index is 0.00000736. The van der Waals surface area contributed by atoms with Gasteiger partial charge in [0.15, 0.2) is 0 Å². The molecule has 0 bridgehead atoms. The van der Waals surface area contributed by atoms with E-state index in [2.05, 4.69) is 200 Å². The smallest absolute Gasteiger partial charge is 0.135 e. The average molecular weight is 1200 g/mol. The molecule has 0 saturated carbocycles. The van der Waals surface area contributed by atoms with E-state index in [0.29, 0.717) is 28.4 Å². The fourth-order valence-corrected chi connectivity index (χ4v) is 13.4. The van der Waals surface area contributed by atoms with Crippen molar-refractivity contribution in [1.82, 2.24) is 4.98 Å². The number of pyridine rings is 1. The summed E-state index contributed by atoms with van der Waals surface area (Å²) in [6, 6.07) is 56.0. The van der Waals surface area contributed by atoms with E-state index in [-0.39, 0.29) is 67.0 Å². The molecule has 0 aliphatic carbocycles.